The van der Waals surface area contributed by atoms with Crippen LogP contribution in [0.4, 0.5) is 0 Å². The number of aryl methyl sites for hydroxylation is 1. The van der Waals surface area contributed by atoms with Gasteiger partial charge in [0, 0.05) is 17.9 Å². The lowest BCUT2D eigenvalue weighted by Crippen LogP contribution is -2.31. The monoisotopic (exact) mass is 377 g/mol. The summed E-state index contributed by atoms with van der Waals surface area (Å²) in [5, 5.41) is 9.83. The third-order valence-corrected chi connectivity index (χ3v) is 5.65. The molecule has 0 aliphatic heterocycles. The zero-order valence-electron chi connectivity index (χ0n) is 15.1. The summed E-state index contributed by atoms with van der Waals surface area (Å²) in [6, 6.07) is 7.63. The normalized spacial score (nSPS) is 21.0. The van der Waals surface area contributed by atoms with E-state index in [2.05, 4.69) is 10.8 Å². The van der Waals surface area contributed by atoms with Crippen molar-refractivity contribution in [1.82, 2.24) is 4.72 Å². The van der Waals surface area contributed by atoms with Crippen molar-refractivity contribution in [1.29, 1.82) is 0 Å². The Kier molecular flexibility index (Phi) is 7.60. The van der Waals surface area contributed by atoms with Crippen molar-refractivity contribution in [3.63, 3.8) is 0 Å². The van der Waals surface area contributed by atoms with Gasteiger partial charge in [0.15, 0.2) is 0 Å². The number of rotatable bonds is 9. The molecule has 2 N–H and O–H groups in total. The first kappa shape index (κ1) is 20.4. The fourth-order valence-corrected chi connectivity index (χ4v) is 4.17. The maximum atomic E-state index is 12.2. The average molecular weight is 378 g/mol. The number of unbranched alkanes of at least 4 members (excludes halogenated alkanes) is 1. The van der Waals surface area contributed by atoms with Crippen LogP contribution in [0.1, 0.15) is 49.7 Å². The molecule has 6 heteroatoms. The van der Waals surface area contributed by atoms with E-state index in [4.69, 9.17) is 5.11 Å². The number of hydrogen-bond donors (Lipinski definition) is 2. The highest BCUT2D eigenvalue weighted by atomic mass is 32.2. The largest absolute Gasteiger partial charge is 0.481 e. The van der Waals surface area contributed by atoms with Gasteiger partial charge in [0.05, 0.1) is 0 Å². The van der Waals surface area contributed by atoms with Gasteiger partial charge in [-0.05, 0) is 56.6 Å². The Morgan fingerprint density at radius 1 is 1.27 bits per heavy atom. The summed E-state index contributed by atoms with van der Waals surface area (Å²) in [5.41, 5.74) is 1.99. The molecule has 0 bridgehead atoms. The minimum atomic E-state index is -3.46. The van der Waals surface area contributed by atoms with E-state index in [-0.39, 0.29) is 12.5 Å². The molecule has 26 heavy (non-hydrogen) atoms. The number of carbonyl (C=O) groups is 1. The second-order valence-electron chi connectivity index (χ2n) is 6.86. The first-order valence-corrected chi connectivity index (χ1v) is 10.5. The molecule has 2 atom stereocenters. The Morgan fingerprint density at radius 3 is 2.69 bits per heavy atom. The predicted octanol–water partition coefficient (Wildman–Crippen LogP) is 3.86. The molecule has 0 radical (unpaired) electrons. The van der Waals surface area contributed by atoms with Crippen molar-refractivity contribution in [2.24, 2.45) is 5.92 Å². The van der Waals surface area contributed by atoms with Gasteiger partial charge in [0.2, 0.25) is 10.0 Å². The van der Waals surface area contributed by atoms with Crippen LogP contribution in [-0.2, 0) is 14.8 Å². The maximum Gasteiger partial charge on any atom is 0.303 e. The molecule has 142 valence electrons. The molecule has 2 rings (SSSR count). The van der Waals surface area contributed by atoms with E-state index < -0.39 is 16.0 Å². The number of carboxylic acid groups (broad SMARTS) is 1. The van der Waals surface area contributed by atoms with E-state index in [1.807, 2.05) is 37.3 Å². The zero-order chi connectivity index (χ0) is 19.0. The van der Waals surface area contributed by atoms with E-state index in [9.17, 15) is 13.2 Å². The van der Waals surface area contributed by atoms with Gasteiger partial charge in [-0.1, -0.05) is 42.0 Å². The van der Waals surface area contributed by atoms with Crippen molar-refractivity contribution < 1.29 is 18.3 Å². The van der Waals surface area contributed by atoms with E-state index in [0.29, 0.717) is 12.3 Å². The van der Waals surface area contributed by atoms with Gasteiger partial charge in [-0.3, -0.25) is 4.79 Å². The van der Waals surface area contributed by atoms with Gasteiger partial charge in [-0.15, -0.1) is 0 Å². The van der Waals surface area contributed by atoms with Crippen LogP contribution in [0.5, 0.6) is 0 Å². The molecule has 0 aromatic heterocycles. The van der Waals surface area contributed by atoms with Crippen molar-refractivity contribution >= 4 is 22.1 Å². The molecule has 1 saturated carbocycles. The fourth-order valence-electron chi connectivity index (χ4n) is 3.08. The highest BCUT2D eigenvalue weighted by Crippen LogP contribution is 2.27. The molecule has 1 aliphatic rings. The second-order valence-corrected chi connectivity index (χ2v) is 8.46. The zero-order valence-corrected chi connectivity index (χ0v) is 15.9. The van der Waals surface area contributed by atoms with Gasteiger partial charge >= 0.3 is 5.97 Å². The van der Waals surface area contributed by atoms with Crippen molar-refractivity contribution in [2.75, 3.05) is 0 Å². The minimum Gasteiger partial charge on any atom is -0.481 e. The molecular weight excluding hydrogens is 350 g/mol. The summed E-state index contributed by atoms with van der Waals surface area (Å²) in [7, 11) is -3.46. The van der Waals surface area contributed by atoms with E-state index >= 15 is 0 Å². The molecule has 1 aliphatic carbocycles. The molecule has 0 spiro atoms. The topological polar surface area (TPSA) is 83.5 Å². The van der Waals surface area contributed by atoms with E-state index in [1.165, 1.54) is 5.41 Å². The number of hydrogen-bond acceptors (Lipinski definition) is 3. The van der Waals surface area contributed by atoms with Crippen molar-refractivity contribution in [3.05, 3.63) is 53.0 Å². The molecule has 0 heterocycles. The minimum absolute atomic E-state index is 0.0451. The molecule has 2 unspecified atom stereocenters. The lowest BCUT2D eigenvalue weighted by molar-refractivity contribution is -0.137. The van der Waals surface area contributed by atoms with Gasteiger partial charge in [0.25, 0.3) is 0 Å². The summed E-state index contributed by atoms with van der Waals surface area (Å²) in [6.45, 7) is 1.99. The molecular formula is C20H27NO4S. The Balaban J connectivity index is 1.78. The third-order valence-electron chi connectivity index (χ3n) is 4.49. The number of carboxylic acids is 1. The summed E-state index contributed by atoms with van der Waals surface area (Å²) in [4.78, 5) is 10.5. The Bertz CT molecular complexity index is 751. The van der Waals surface area contributed by atoms with Gasteiger partial charge in [0.1, 0.15) is 0 Å². The molecule has 1 aromatic carbocycles. The van der Waals surface area contributed by atoms with Crippen LogP contribution in [0.2, 0.25) is 0 Å². The van der Waals surface area contributed by atoms with Crippen LogP contribution in [0.3, 0.4) is 0 Å². The quantitative estimate of drug-likeness (QED) is 0.505. The smallest absolute Gasteiger partial charge is 0.303 e. The molecule has 0 amide bonds. The van der Waals surface area contributed by atoms with Crippen LogP contribution in [0.15, 0.2) is 41.8 Å². The maximum absolute atomic E-state index is 12.2. The van der Waals surface area contributed by atoms with Crippen molar-refractivity contribution in [2.45, 2.75) is 51.5 Å². The Labute approximate surface area is 155 Å². The highest BCUT2D eigenvalue weighted by molar-refractivity contribution is 7.92. The van der Waals surface area contributed by atoms with Crippen LogP contribution in [0, 0.1) is 12.8 Å². The third kappa shape index (κ3) is 7.54. The number of benzene rings is 1. The number of nitrogens with one attached hydrogen (secondary N) is 1. The van der Waals surface area contributed by atoms with E-state index in [1.54, 1.807) is 6.08 Å². The average Bonchev–Trinajstić information content (AvgIpc) is 3.00. The number of aliphatic carboxylic acids is 1. The fraction of sp³-hybridized carbons (Fsp3) is 0.450. The first-order valence-electron chi connectivity index (χ1n) is 8.99. The molecule has 5 nitrogen and oxygen atoms in total. The van der Waals surface area contributed by atoms with Crippen molar-refractivity contribution in [3.8, 4) is 0 Å². The number of allylic oxidation sites excluding steroid dienone is 2. The van der Waals surface area contributed by atoms with Crippen LogP contribution in [-0.4, -0.2) is 25.5 Å². The highest BCUT2D eigenvalue weighted by Gasteiger charge is 2.25. The Morgan fingerprint density at radius 2 is 2.00 bits per heavy atom. The van der Waals surface area contributed by atoms with Gasteiger partial charge in [-0.25, -0.2) is 13.1 Å². The summed E-state index contributed by atoms with van der Waals surface area (Å²) < 4.78 is 27.2. The van der Waals surface area contributed by atoms with Gasteiger partial charge < -0.3 is 5.11 Å². The molecule has 0 saturated heterocycles. The second kappa shape index (κ2) is 9.69. The predicted molar refractivity (Wildman–Crippen MR) is 104 cm³/mol. The first-order chi connectivity index (χ1) is 12.3. The lowest BCUT2D eigenvalue weighted by Gasteiger charge is -2.10. The Hall–Kier alpha value is -1.92. The molecule has 1 fully saturated rings. The summed E-state index contributed by atoms with van der Waals surface area (Å²) >= 11 is 0. The lowest BCUT2D eigenvalue weighted by atomic mass is 10.1. The number of sulfonamides is 1. The van der Waals surface area contributed by atoms with E-state index in [0.717, 1.165) is 36.8 Å². The van der Waals surface area contributed by atoms with Crippen LogP contribution < -0.4 is 4.72 Å². The standard InChI is InChI=1S/C20H27NO4S/c1-16-7-9-17(10-8-16)13-14-26(24,25)21-19-12-11-18(15-19)5-3-2-4-6-20(22)23/h3,5,7-10,13-14,18-19,21H,2,4,6,11-12,15H2,1H3,(H,22,23). The van der Waals surface area contributed by atoms with Gasteiger partial charge in [-0.2, -0.15) is 0 Å². The SMILES string of the molecule is Cc1ccc(C=CS(=O)(=O)NC2CCC(C=CCCCC(=O)O)C2)cc1. The van der Waals surface area contributed by atoms with Crippen LogP contribution in [0.25, 0.3) is 6.08 Å². The molecule has 1 aromatic rings. The van der Waals surface area contributed by atoms with Crippen LogP contribution >= 0.6 is 0 Å². The summed E-state index contributed by atoms with van der Waals surface area (Å²) in [5.74, 6) is -0.416. The summed E-state index contributed by atoms with van der Waals surface area (Å²) in [6.07, 6.45) is 9.84.